The van der Waals surface area contributed by atoms with Crippen LogP contribution < -0.4 is 5.32 Å². The smallest absolute Gasteiger partial charge is 0.244 e. The van der Waals surface area contributed by atoms with E-state index in [1.165, 1.54) is 6.42 Å². The Morgan fingerprint density at radius 3 is 2.42 bits per heavy atom. The highest BCUT2D eigenvalue weighted by Gasteiger charge is 2.47. The Morgan fingerprint density at radius 1 is 1.32 bits per heavy atom. The van der Waals surface area contributed by atoms with Gasteiger partial charge in [-0.2, -0.15) is 0 Å². The van der Waals surface area contributed by atoms with E-state index in [2.05, 4.69) is 44.8 Å². The number of carbonyl (C=O) groups excluding carboxylic acids is 1. The molecule has 0 aromatic carbocycles. The Bertz CT molecular complexity index is 305. The van der Waals surface area contributed by atoms with Crippen molar-refractivity contribution in [2.75, 3.05) is 0 Å². The van der Waals surface area contributed by atoms with Crippen molar-refractivity contribution >= 4 is 5.91 Å². The third-order valence-corrected chi connectivity index (χ3v) is 4.71. The summed E-state index contributed by atoms with van der Waals surface area (Å²) < 4.78 is 0. The molecule has 0 radical (unpaired) electrons. The minimum absolute atomic E-state index is 0.224. The summed E-state index contributed by atoms with van der Waals surface area (Å²) in [6.45, 7) is 13.0. The van der Waals surface area contributed by atoms with E-state index in [4.69, 9.17) is 0 Å². The monoisotopic (exact) mass is 268 g/mol. The quantitative estimate of drug-likeness (QED) is 0.766. The number of hydrogen-bond donors (Lipinski definition) is 1. The maximum absolute atomic E-state index is 12.7. The van der Waals surface area contributed by atoms with Gasteiger partial charge in [-0.3, -0.25) is 10.1 Å². The molecule has 1 aliphatic rings. The molecule has 4 atom stereocenters. The molecule has 1 saturated heterocycles. The normalized spacial score (nSPS) is 30.7. The van der Waals surface area contributed by atoms with Crippen molar-refractivity contribution < 1.29 is 4.79 Å². The molecule has 0 saturated carbocycles. The van der Waals surface area contributed by atoms with Gasteiger partial charge >= 0.3 is 0 Å². The van der Waals surface area contributed by atoms with Crippen molar-refractivity contribution in [1.29, 1.82) is 0 Å². The zero-order chi connectivity index (χ0) is 14.6. The average Bonchev–Trinajstić information content (AvgIpc) is 2.62. The van der Waals surface area contributed by atoms with E-state index in [0.29, 0.717) is 17.9 Å². The van der Waals surface area contributed by atoms with Gasteiger partial charge in [0.15, 0.2) is 0 Å². The van der Waals surface area contributed by atoms with Crippen LogP contribution in [-0.2, 0) is 4.79 Å². The average molecular weight is 268 g/mol. The molecule has 0 aromatic heterocycles. The molecule has 0 bridgehead atoms. The summed E-state index contributed by atoms with van der Waals surface area (Å²) >= 11 is 0. The first-order valence-corrected chi connectivity index (χ1v) is 8.00. The van der Waals surface area contributed by atoms with Crippen molar-refractivity contribution in [2.24, 2.45) is 5.92 Å². The van der Waals surface area contributed by atoms with E-state index in [-0.39, 0.29) is 11.7 Å². The van der Waals surface area contributed by atoms with Crippen LogP contribution in [-0.4, -0.2) is 28.6 Å². The zero-order valence-electron chi connectivity index (χ0n) is 13.6. The minimum atomic E-state index is -0.358. The molecular weight excluding hydrogens is 236 g/mol. The van der Waals surface area contributed by atoms with E-state index in [0.717, 1.165) is 25.7 Å². The second-order valence-electron chi connectivity index (χ2n) is 6.45. The zero-order valence-corrected chi connectivity index (χ0v) is 13.6. The van der Waals surface area contributed by atoms with Crippen LogP contribution in [0.3, 0.4) is 0 Å². The molecule has 112 valence electrons. The molecule has 1 amide bonds. The van der Waals surface area contributed by atoms with Crippen LogP contribution in [0.4, 0.5) is 0 Å². The molecule has 3 nitrogen and oxygen atoms in total. The van der Waals surface area contributed by atoms with Gasteiger partial charge in [-0.05, 0) is 39.0 Å². The highest BCUT2D eigenvalue weighted by molar-refractivity contribution is 5.88. The Kier molecular flexibility index (Phi) is 5.84. The molecule has 0 aromatic rings. The highest BCUT2D eigenvalue weighted by Crippen LogP contribution is 2.29. The standard InChI is InChI=1S/C16H32N2O/c1-7-10-14-17-16(6,9-3)15(19)18(14)13(5)11-12(4)8-2/h12-14,17H,7-11H2,1-6H3. The van der Waals surface area contributed by atoms with E-state index in [1.54, 1.807) is 0 Å². The molecule has 1 N–H and O–H groups in total. The molecule has 1 rings (SSSR count). The minimum Gasteiger partial charge on any atom is -0.323 e. The van der Waals surface area contributed by atoms with E-state index >= 15 is 0 Å². The molecule has 1 aliphatic heterocycles. The summed E-state index contributed by atoms with van der Waals surface area (Å²) in [5, 5.41) is 3.57. The Labute approximate surface area is 119 Å². The van der Waals surface area contributed by atoms with Gasteiger partial charge in [0.1, 0.15) is 0 Å². The van der Waals surface area contributed by atoms with Crippen molar-refractivity contribution in [1.82, 2.24) is 10.2 Å². The van der Waals surface area contributed by atoms with Gasteiger partial charge in [-0.15, -0.1) is 0 Å². The van der Waals surface area contributed by atoms with Crippen LogP contribution in [0.2, 0.25) is 0 Å². The van der Waals surface area contributed by atoms with Crippen LogP contribution in [0.1, 0.15) is 73.6 Å². The summed E-state index contributed by atoms with van der Waals surface area (Å²) in [4.78, 5) is 14.8. The number of hydrogen-bond acceptors (Lipinski definition) is 2. The third-order valence-electron chi connectivity index (χ3n) is 4.71. The van der Waals surface area contributed by atoms with Gasteiger partial charge in [0.05, 0.1) is 11.7 Å². The fourth-order valence-electron chi connectivity index (χ4n) is 3.03. The molecule has 19 heavy (non-hydrogen) atoms. The van der Waals surface area contributed by atoms with Crippen LogP contribution >= 0.6 is 0 Å². The van der Waals surface area contributed by atoms with Crippen molar-refractivity contribution in [3.05, 3.63) is 0 Å². The van der Waals surface area contributed by atoms with Gasteiger partial charge in [-0.1, -0.05) is 40.5 Å². The topological polar surface area (TPSA) is 32.3 Å². The van der Waals surface area contributed by atoms with Gasteiger partial charge in [0.2, 0.25) is 5.91 Å². The summed E-state index contributed by atoms with van der Waals surface area (Å²) in [6, 6.07) is 0.333. The van der Waals surface area contributed by atoms with E-state index in [1.807, 2.05) is 6.92 Å². The lowest BCUT2D eigenvalue weighted by Crippen LogP contribution is -2.44. The number of rotatable bonds is 7. The molecule has 0 aliphatic carbocycles. The van der Waals surface area contributed by atoms with E-state index < -0.39 is 0 Å². The lowest BCUT2D eigenvalue weighted by atomic mass is 9.96. The van der Waals surface area contributed by atoms with Crippen molar-refractivity contribution in [3.63, 3.8) is 0 Å². The summed E-state index contributed by atoms with van der Waals surface area (Å²) in [5.74, 6) is 0.975. The molecule has 0 spiro atoms. The molecule has 4 unspecified atom stereocenters. The SMILES string of the molecule is CCCC1NC(C)(CC)C(=O)N1C(C)CC(C)CC. The van der Waals surface area contributed by atoms with Crippen molar-refractivity contribution in [3.8, 4) is 0 Å². The summed E-state index contributed by atoms with van der Waals surface area (Å²) in [5.41, 5.74) is -0.358. The first kappa shape index (κ1) is 16.5. The lowest BCUT2D eigenvalue weighted by molar-refractivity contribution is -0.135. The Morgan fingerprint density at radius 2 is 1.95 bits per heavy atom. The Hall–Kier alpha value is -0.570. The third kappa shape index (κ3) is 3.50. The molecule has 1 fully saturated rings. The van der Waals surface area contributed by atoms with Gasteiger partial charge in [-0.25, -0.2) is 0 Å². The van der Waals surface area contributed by atoms with Crippen LogP contribution in [0, 0.1) is 5.92 Å². The maximum atomic E-state index is 12.7. The number of nitrogens with zero attached hydrogens (tertiary/aromatic N) is 1. The first-order valence-electron chi connectivity index (χ1n) is 8.00. The van der Waals surface area contributed by atoms with E-state index in [9.17, 15) is 4.79 Å². The number of carbonyl (C=O) groups is 1. The second kappa shape index (κ2) is 6.74. The number of nitrogens with one attached hydrogen (secondary N) is 1. The van der Waals surface area contributed by atoms with Crippen LogP contribution in [0.5, 0.6) is 0 Å². The van der Waals surface area contributed by atoms with Crippen LogP contribution in [0.25, 0.3) is 0 Å². The molecule has 1 heterocycles. The highest BCUT2D eigenvalue weighted by atomic mass is 16.2. The molecular formula is C16H32N2O. The first-order chi connectivity index (χ1) is 8.89. The fourth-order valence-corrected chi connectivity index (χ4v) is 3.03. The largest absolute Gasteiger partial charge is 0.323 e. The predicted molar refractivity (Wildman–Crippen MR) is 80.9 cm³/mol. The molecule has 3 heteroatoms. The van der Waals surface area contributed by atoms with Gasteiger partial charge in [0, 0.05) is 6.04 Å². The van der Waals surface area contributed by atoms with Crippen LogP contribution in [0.15, 0.2) is 0 Å². The maximum Gasteiger partial charge on any atom is 0.244 e. The van der Waals surface area contributed by atoms with Crippen molar-refractivity contribution in [2.45, 2.75) is 91.4 Å². The lowest BCUT2D eigenvalue weighted by Gasteiger charge is -2.32. The Balaban J connectivity index is 2.84. The fraction of sp³-hybridized carbons (Fsp3) is 0.938. The summed E-state index contributed by atoms with van der Waals surface area (Å²) in [6.07, 6.45) is 5.52. The van der Waals surface area contributed by atoms with Gasteiger partial charge in [0.25, 0.3) is 0 Å². The second-order valence-corrected chi connectivity index (χ2v) is 6.45. The summed E-state index contributed by atoms with van der Waals surface area (Å²) in [7, 11) is 0. The predicted octanol–water partition coefficient (Wildman–Crippen LogP) is 3.54. The number of amides is 1. The van der Waals surface area contributed by atoms with Gasteiger partial charge < -0.3 is 4.90 Å².